The lowest BCUT2D eigenvalue weighted by Crippen LogP contribution is -2.42. The molecular weight excluding hydrogens is 526 g/mol. The number of nitrogens with zero attached hydrogens (tertiary/aromatic N) is 2. The number of hydrogen-bond acceptors (Lipinski definition) is 5. The molecule has 0 amide bonds. The molecule has 1 unspecified atom stereocenters. The van der Waals surface area contributed by atoms with Crippen LogP contribution in [0, 0.1) is 11.5 Å². The molecule has 40 heavy (non-hydrogen) atoms. The third-order valence-corrected chi connectivity index (χ3v) is 7.39. The lowest BCUT2D eigenvalue weighted by atomic mass is 10.1. The minimum atomic E-state index is -4.14. The molecule has 202 valence electrons. The highest BCUT2D eigenvalue weighted by atomic mass is 32.2. The first-order chi connectivity index (χ1) is 19.3. The van der Waals surface area contributed by atoms with Crippen LogP contribution in [0.1, 0.15) is 11.1 Å². The molecule has 0 fully saturated rings. The van der Waals surface area contributed by atoms with Gasteiger partial charge in [-0.2, -0.15) is 9.98 Å². The Kier molecular flexibility index (Phi) is 9.25. The number of carbonyl (C=O) groups is 1. The Morgan fingerprint density at radius 3 is 2.12 bits per heavy atom. The minimum Gasteiger partial charge on any atom is -0.480 e. The molecule has 0 aromatic heterocycles. The Morgan fingerprint density at radius 2 is 1.48 bits per heavy atom. The Labute approximate surface area is 232 Å². The van der Waals surface area contributed by atoms with E-state index in [0.717, 1.165) is 5.56 Å². The Bertz CT molecular complexity index is 1640. The maximum atomic E-state index is 13.2. The van der Waals surface area contributed by atoms with Gasteiger partial charge in [0.1, 0.15) is 6.04 Å². The van der Waals surface area contributed by atoms with Crippen LogP contribution in [0.3, 0.4) is 0 Å². The number of hydrogen-bond donors (Lipinski definition) is 4. The van der Waals surface area contributed by atoms with Gasteiger partial charge in [-0.25, -0.2) is 13.4 Å². The Hall–Kier alpha value is -4.98. The van der Waals surface area contributed by atoms with Crippen molar-refractivity contribution in [3.05, 3.63) is 120 Å². The summed E-state index contributed by atoms with van der Waals surface area (Å²) in [6.45, 7) is 0.367. The first-order valence-corrected chi connectivity index (χ1v) is 13.8. The number of benzene rings is 4. The number of carboxylic acid groups (broad SMARTS) is 1. The molecular formula is C30H27N5O4S. The summed E-state index contributed by atoms with van der Waals surface area (Å²) in [5.74, 6) is -1.000. The van der Waals surface area contributed by atoms with Gasteiger partial charge in [-0.05, 0) is 52.9 Å². The molecule has 10 heteroatoms. The molecule has 0 aliphatic carbocycles. The summed E-state index contributed by atoms with van der Waals surface area (Å²) < 4.78 is 28.6. The number of carboxylic acids is 1. The van der Waals surface area contributed by atoms with Gasteiger partial charge >= 0.3 is 5.97 Å². The Morgan fingerprint density at radius 1 is 0.850 bits per heavy atom. The van der Waals surface area contributed by atoms with Crippen LogP contribution in [-0.2, 0) is 27.8 Å². The highest BCUT2D eigenvalue weighted by Gasteiger charge is 2.26. The van der Waals surface area contributed by atoms with Crippen molar-refractivity contribution in [3.8, 4) is 17.3 Å². The normalized spacial score (nSPS) is 12.2. The first kappa shape index (κ1) is 28.0. The quantitative estimate of drug-likeness (QED) is 0.0988. The number of aliphatic imine (C=N–C) groups is 1. The zero-order chi connectivity index (χ0) is 28.4. The lowest BCUT2D eigenvalue weighted by Gasteiger charge is -2.16. The lowest BCUT2D eigenvalue weighted by molar-refractivity contribution is -0.138. The standard InChI is InChI=1S/C30H27N5O4S/c31-21-33-30(32-20-23-11-5-2-6-12-23)34-26-15-7-13-24(18-26)25-14-8-16-27(19-25)40(38,39)35-28(29(36)37)17-22-9-3-1-4-10-22/h1-16,18-19,28,35H,17,20H2,(H,36,37)(H2,32,33,34). The van der Waals surface area contributed by atoms with E-state index in [4.69, 9.17) is 5.26 Å². The van der Waals surface area contributed by atoms with Crippen molar-refractivity contribution in [3.63, 3.8) is 0 Å². The van der Waals surface area contributed by atoms with Crippen LogP contribution in [0.15, 0.2) is 119 Å². The molecule has 0 aliphatic rings. The van der Waals surface area contributed by atoms with Gasteiger partial charge in [0.25, 0.3) is 0 Å². The molecule has 4 rings (SSSR count). The van der Waals surface area contributed by atoms with Crippen molar-refractivity contribution in [1.82, 2.24) is 10.0 Å². The van der Waals surface area contributed by atoms with Crippen molar-refractivity contribution < 1.29 is 18.3 Å². The number of aliphatic carboxylic acids is 1. The van der Waals surface area contributed by atoms with Gasteiger partial charge in [-0.15, -0.1) is 0 Å². The summed E-state index contributed by atoms with van der Waals surface area (Å²) in [7, 11) is -4.14. The predicted molar refractivity (Wildman–Crippen MR) is 154 cm³/mol. The molecule has 0 bridgehead atoms. The molecule has 4 aromatic rings. The number of anilines is 1. The van der Waals surface area contributed by atoms with Crippen LogP contribution in [0.2, 0.25) is 0 Å². The highest BCUT2D eigenvalue weighted by Crippen LogP contribution is 2.25. The van der Waals surface area contributed by atoms with Crippen LogP contribution < -0.4 is 15.4 Å². The fourth-order valence-corrected chi connectivity index (χ4v) is 5.19. The third kappa shape index (κ3) is 7.77. The molecule has 0 spiro atoms. The largest absolute Gasteiger partial charge is 0.480 e. The SMILES string of the molecule is N#CNC(=NCc1ccccc1)Nc1cccc(-c2cccc(S(=O)(=O)NC(Cc3ccccc3)C(=O)O)c2)c1. The molecule has 0 saturated heterocycles. The van der Waals surface area contributed by atoms with Gasteiger partial charge in [0, 0.05) is 5.69 Å². The molecule has 4 N–H and O–H groups in total. The van der Waals surface area contributed by atoms with Gasteiger partial charge in [0.2, 0.25) is 16.0 Å². The van der Waals surface area contributed by atoms with Gasteiger partial charge in [-0.1, -0.05) is 84.9 Å². The second-order valence-electron chi connectivity index (χ2n) is 8.82. The molecule has 1 atom stereocenters. The zero-order valence-corrected chi connectivity index (χ0v) is 22.2. The van der Waals surface area contributed by atoms with Crippen LogP contribution >= 0.6 is 0 Å². The van der Waals surface area contributed by atoms with Crippen molar-refractivity contribution in [2.24, 2.45) is 4.99 Å². The average Bonchev–Trinajstić information content (AvgIpc) is 2.97. The van der Waals surface area contributed by atoms with E-state index in [9.17, 15) is 18.3 Å². The van der Waals surface area contributed by atoms with E-state index in [1.54, 1.807) is 60.7 Å². The molecule has 9 nitrogen and oxygen atoms in total. The topological polar surface area (TPSA) is 144 Å². The summed E-state index contributed by atoms with van der Waals surface area (Å²) >= 11 is 0. The third-order valence-electron chi connectivity index (χ3n) is 5.92. The van der Waals surface area contributed by atoms with E-state index >= 15 is 0 Å². The number of sulfonamides is 1. The van der Waals surface area contributed by atoms with Crippen LogP contribution in [0.25, 0.3) is 11.1 Å². The van der Waals surface area contributed by atoms with E-state index in [1.165, 1.54) is 12.1 Å². The Balaban J connectivity index is 1.53. The predicted octanol–water partition coefficient (Wildman–Crippen LogP) is 4.37. The maximum Gasteiger partial charge on any atom is 0.322 e. The molecule has 0 saturated carbocycles. The van der Waals surface area contributed by atoms with Crippen molar-refractivity contribution >= 4 is 27.6 Å². The number of guanidine groups is 1. The maximum absolute atomic E-state index is 13.2. The molecule has 0 aliphatic heterocycles. The van der Waals surface area contributed by atoms with E-state index in [0.29, 0.717) is 28.9 Å². The molecule has 4 aromatic carbocycles. The fraction of sp³-hybridized carbons (Fsp3) is 0.100. The summed E-state index contributed by atoms with van der Waals surface area (Å²) in [5.41, 5.74) is 3.63. The average molecular weight is 554 g/mol. The van der Waals surface area contributed by atoms with Gasteiger partial charge < -0.3 is 10.4 Å². The van der Waals surface area contributed by atoms with Crippen LogP contribution in [0.5, 0.6) is 0 Å². The van der Waals surface area contributed by atoms with Crippen LogP contribution in [-0.4, -0.2) is 31.5 Å². The zero-order valence-electron chi connectivity index (χ0n) is 21.4. The van der Waals surface area contributed by atoms with Gasteiger partial charge in [-0.3, -0.25) is 10.1 Å². The van der Waals surface area contributed by atoms with Crippen molar-refractivity contribution in [2.45, 2.75) is 23.9 Å². The number of nitriles is 1. The minimum absolute atomic E-state index is 0.00764. The summed E-state index contributed by atoms with van der Waals surface area (Å²) in [5, 5.41) is 24.4. The van der Waals surface area contributed by atoms with E-state index in [2.05, 4.69) is 20.3 Å². The second-order valence-corrected chi connectivity index (χ2v) is 10.5. The molecule has 0 radical (unpaired) electrons. The first-order valence-electron chi connectivity index (χ1n) is 12.3. The van der Waals surface area contributed by atoms with E-state index in [1.807, 2.05) is 42.6 Å². The van der Waals surface area contributed by atoms with E-state index < -0.39 is 22.0 Å². The van der Waals surface area contributed by atoms with E-state index in [-0.39, 0.29) is 17.3 Å². The number of rotatable bonds is 10. The summed E-state index contributed by atoms with van der Waals surface area (Å²) in [6, 6.07) is 30.6. The number of nitrogens with one attached hydrogen (secondary N) is 3. The monoisotopic (exact) mass is 553 g/mol. The molecule has 0 heterocycles. The van der Waals surface area contributed by atoms with Crippen molar-refractivity contribution in [2.75, 3.05) is 5.32 Å². The highest BCUT2D eigenvalue weighted by molar-refractivity contribution is 7.89. The van der Waals surface area contributed by atoms with Gasteiger partial charge in [0.05, 0.1) is 11.4 Å². The van der Waals surface area contributed by atoms with Gasteiger partial charge in [0.15, 0.2) is 6.19 Å². The fourth-order valence-electron chi connectivity index (χ4n) is 3.96. The van der Waals surface area contributed by atoms with Crippen molar-refractivity contribution in [1.29, 1.82) is 5.26 Å². The second kappa shape index (κ2) is 13.2. The summed E-state index contributed by atoms with van der Waals surface area (Å²) in [4.78, 5) is 16.2. The summed E-state index contributed by atoms with van der Waals surface area (Å²) in [6.07, 6.45) is 1.88. The smallest absolute Gasteiger partial charge is 0.322 e. The van der Waals surface area contributed by atoms with Crippen LogP contribution in [0.4, 0.5) is 5.69 Å².